The molecule has 0 aromatic heterocycles. The number of amidine groups is 1. The van der Waals surface area contributed by atoms with E-state index < -0.39 is 5.72 Å². The summed E-state index contributed by atoms with van der Waals surface area (Å²) in [6.45, 7) is 0.535. The number of allylic oxidation sites excluding steroid dienone is 5. The molecular formula is C18H16N2O3S. The monoisotopic (exact) mass is 340 g/mol. The first-order chi connectivity index (χ1) is 11.6. The van der Waals surface area contributed by atoms with Crippen LogP contribution in [0.5, 0.6) is 0 Å². The number of hydrogen-bond donors (Lipinski definition) is 3. The van der Waals surface area contributed by atoms with Crippen LogP contribution >= 0.6 is 11.8 Å². The van der Waals surface area contributed by atoms with Crippen LogP contribution in [0, 0.1) is 0 Å². The summed E-state index contributed by atoms with van der Waals surface area (Å²) in [6, 6.07) is 9.83. The topological polar surface area (TPSA) is 77.4 Å². The number of rotatable bonds is 2. The summed E-state index contributed by atoms with van der Waals surface area (Å²) in [5.41, 5.74) is 1.00. The Morgan fingerprint density at radius 3 is 2.75 bits per heavy atom. The third-order valence-corrected chi connectivity index (χ3v) is 4.92. The predicted octanol–water partition coefficient (Wildman–Crippen LogP) is 4.03. The second kappa shape index (κ2) is 5.89. The van der Waals surface area contributed by atoms with Crippen molar-refractivity contribution in [3.63, 3.8) is 0 Å². The molecule has 5 nitrogen and oxygen atoms in total. The first kappa shape index (κ1) is 15.1. The lowest BCUT2D eigenvalue weighted by Gasteiger charge is -2.05. The normalized spacial score (nSPS) is 27.2. The zero-order chi connectivity index (χ0) is 16.6. The van der Waals surface area contributed by atoms with Crippen molar-refractivity contribution in [1.82, 2.24) is 0 Å². The van der Waals surface area contributed by atoms with Crippen molar-refractivity contribution in [1.29, 1.82) is 0 Å². The summed E-state index contributed by atoms with van der Waals surface area (Å²) >= 11 is 1.49. The largest absolute Gasteiger partial charge is 0.511 e. The number of aliphatic hydroxyl groups is 2. The molecule has 0 saturated carbocycles. The maximum atomic E-state index is 10.1. The van der Waals surface area contributed by atoms with Crippen molar-refractivity contribution in [3.8, 4) is 0 Å². The summed E-state index contributed by atoms with van der Waals surface area (Å²) in [7, 11) is 0. The Labute approximate surface area is 143 Å². The molecule has 3 aliphatic rings. The van der Waals surface area contributed by atoms with Gasteiger partial charge in [0.1, 0.15) is 18.1 Å². The molecule has 4 rings (SSSR count). The summed E-state index contributed by atoms with van der Waals surface area (Å²) in [5.74, 6) is 0.359. The Morgan fingerprint density at radius 1 is 1.21 bits per heavy atom. The maximum Gasteiger partial charge on any atom is 0.217 e. The van der Waals surface area contributed by atoms with Gasteiger partial charge in [-0.1, -0.05) is 30.0 Å². The van der Waals surface area contributed by atoms with E-state index in [1.807, 2.05) is 36.4 Å². The van der Waals surface area contributed by atoms with Gasteiger partial charge in [-0.2, -0.15) is 0 Å². The number of thioether (sulfide) groups is 1. The molecule has 1 spiro atoms. The molecule has 2 heterocycles. The number of ether oxygens (including phenoxy) is 1. The lowest BCUT2D eigenvalue weighted by atomic mass is 10.1. The molecule has 1 fully saturated rings. The number of hydrogen-bond acceptors (Lipinski definition) is 6. The molecule has 0 bridgehead atoms. The van der Waals surface area contributed by atoms with Gasteiger partial charge in [-0.25, -0.2) is 4.99 Å². The molecule has 6 heteroatoms. The standard InChI is InChI=1S/C18H16N2O3S/c21-14-7-6-12(15(22)9-8-14)10-16-18(11-23-18)20-17(24-16)19-13-4-2-1-3-5-13/h1-8,10,21-22H,9,11H2,(H,19,20)/b16-10+. The highest BCUT2D eigenvalue weighted by atomic mass is 32.2. The molecular weight excluding hydrogens is 324 g/mol. The van der Waals surface area contributed by atoms with Crippen LogP contribution < -0.4 is 5.32 Å². The van der Waals surface area contributed by atoms with E-state index in [1.54, 1.807) is 18.2 Å². The Kier molecular flexibility index (Phi) is 3.70. The highest BCUT2D eigenvalue weighted by molar-refractivity contribution is 8.17. The molecule has 0 radical (unpaired) electrons. The molecule has 1 atom stereocenters. The average Bonchev–Trinajstić information content (AvgIpc) is 3.30. The first-order valence-corrected chi connectivity index (χ1v) is 8.41. The van der Waals surface area contributed by atoms with Crippen LogP contribution in [0.2, 0.25) is 0 Å². The van der Waals surface area contributed by atoms with Crippen LogP contribution in [-0.4, -0.2) is 27.7 Å². The Balaban J connectivity index is 1.57. The predicted molar refractivity (Wildman–Crippen MR) is 96.0 cm³/mol. The van der Waals surface area contributed by atoms with E-state index >= 15 is 0 Å². The van der Waals surface area contributed by atoms with Crippen molar-refractivity contribution in [2.45, 2.75) is 12.1 Å². The van der Waals surface area contributed by atoms with Crippen molar-refractivity contribution in [2.24, 2.45) is 4.99 Å². The number of benzene rings is 1. The van der Waals surface area contributed by atoms with E-state index in [0.717, 1.165) is 15.8 Å². The number of nitrogens with one attached hydrogen (secondary N) is 1. The third kappa shape index (κ3) is 2.98. The molecule has 3 N–H and O–H groups in total. The van der Waals surface area contributed by atoms with Crippen LogP contribution in [0.3, 0.4) is 0 Å². The van der Waals surface area contributed by atoms with Gasteiger partial charge in [-0.15, -0.1) is 0 Å². The average molecular weight is 340 g/mol. The molecule has 1 aliphatic carbocycles. The van der Waals surface area contributed by atoms with Gasteiger partial charge in [0, 0.05) is 17.7 Å². The zero-order valence-electron chi connectivity index (χ0n) is 12.8. The maximum absolute atomic E-state index is 10.1. The molecule has 1 saturated heterocycles. The molecule has 0 amide bonds. The minimum atomic E-state index is -0.620. The van der Waals surface area contributed by atoms with Crippen molar-refractivity contribution in [2.75, 3.05) is 11.9 Å². The second-order valence-electron chi connectivity index (χ2n) is 5.66. The summed E-state index contributed by atoms with van der Waals surface area (Å²) < 4.78 is 5.56. The van der Waals surface area contributed by atoms with Gasteiger partial charge in [0.15, 0.2) is 5.17 Å². The van der Waals surface area contributed by atoms with E-state index in [-0.39, 0.29) is 11.5 Å². The Morgan fingerprint density at radius 2 is 2.00 bits per heavy atom. The van der Waals surface area contributed by atoms with E-state index in [1.165, 1.54) is 11.8 Å². The van der Waals surface area contributed by atoms with E-state index in [4.69, 9.17) is 4.74 Å². The summed E-state index contributed by atoms with van der Waals surface area (Å²) in [5, 5.41) is 23.8. The van der Waals surface area contributed by atoms with Crippen LogP contribution in [0.15, 0.2) is 81.6 Å². The number of para-hydroxylation sites is 1. The highest BCUT2D eigenvalue weighted by Crippen LogP contribution is 2.49. The summed E-state index contributed by atoms with van der Waals surface area (Å²) in [4.78, 5) is 5.55. The van der Waals surface area contributed by atoms with Crippen LogP contribution in [0.1, 0.15) is 6.42 Å². The second-order valence-corrected chi connectivity index (χ2v) is 6.69. The molecule has 2 aliphatic heterocycles. The van der Waals surface area contributed by atoms with Crippen LogP contribution in [0.4, 0.5) is 5.69 Å². The van der Waals surface area contributed by atoms with Gasteiger partial charge in [0.25, 0.3) is 0 Å². The smallest absolute Gasteiger partial charge is 0.217 e. The fourth-order valence-electron chi connectivity index (χ4n) is 2.47. The molecule has 24 heavy (non-hydrogen) atoms. The number of aliphatic imine (C=N–C) groups is 1. The summed E-state index contributed by atoms with van der Waals surface area (Å²) in [6.07, 6.45) is 7.01. The van der Waals surface area contributed by atoms with Crippen LogP contribution in [0.25, 0.3) is 0 Å². The molecule has 122 valence electrons. The van der Waals surface area contributed by atoms with Crippen molar-refractivity contribution >= 4 is 22.6 Å². The lowest BCUT2D eigenvalue weighted by Crippen LogP contribution is -2.06. The molecule has 1 aromatic rings. The Hall–Kier alpha value is -2.44. The minimum Gasteiger partial charge on any atom is -0.511 e. The van der Waals surface area contributed by atoms with E-state index in [2.05, 4.69) is 10.3 Å². The molecule has 1 unspecified atom stereocenters. The number of epoxide rings is 1. The van der Waals surface area contributed by atoms with Gasteiger partial charge in [0.05, 0.1) is 4.91 Å². The van der Waals surface area contributed by atoms with Gasteiger partial charge in [0.2, 0.25) is 5.72 Å². The zero-order valence-corrected chi connectivity index (χ0v) is 13.6. The fraction of sp³-hybridized carbons (Fsp3) is 0.167. The number of nitrogens with zero attached hydrogens (tertiary/aromatic N) is 1. The van der Waals surface area contributed by atoms with Gasteiger partial charge in [-0.05, 0) is 36.4 Å². The van der Waals surface area contributed by atoms with Gasteiger partial charge in [-0.3, -0.25) is 0 Å². The third-order valence-electron chi connectivity index (χ3n) is 3.87. The van der Waals surface area contributed by atoms with Crippen LogP contribution in [-0.2, 0) is 4.74 Å². The Bertz CT molecular complexity index is 818. The SMILES string of the molecule is OC1=CCC(O)=C(/C=C2/SC(Nc3ccccc3)=NC23CO3)C=C1. The lowest BCUT2D eigenvalue weighted by molar-refractivity contribution is 0.358. The minimum absolute atomic E-state index is 0.147. The van der Waals surface area contributed by atoms with E-state index in [9.17, 15) is 10.2 Å². The van der Waals surface area contributed by atoms with Crippen molar-refractivity contribution in [3.05, 3.63) is 76.6 Å². The van der Waals surface area contributed by atoms with Gasteiger partial charge < -0.3 is 20.3 Å². The number of anilines is 1. The highest BCUT2D eigenvalue weighted by Gasteiger charge is 2.53. The van der Waals surface area contributed by atoms with E-state index in [0.29, 0.717) is 18.6 Å². The quantitative estimate of drug-likeness (QED) is 0.709. The van der Waals surface area contributed by atoms with Crippen molar-refractivity contribution < 1.29 is 14.9 Å². The van der Waals surface area contributed by atoms with Gasteiger partial charge >= 0.3 is 0 Å². The number of aliphatic hydroxyl groups excluding tert-OH is 2. The first-order valence-electron chi connectivity index (χ1n) is 7.60. The molecule has 1 aromatic carbocycles. The fourth-order valence-corrected chi connectivity index (χ4v) is 3.55.